The predicted molar refractivity (Wildman–Crippen MR) is 96.9 cm³/mol. The Morgan fingerprint density at radius 3 is 2.88 bits per heavy atom. The number of aromatic nitrogens is 2. The molecule has 2 aromatic heterocycles. The van der Waals surface area contributed by atoms with Gasteiger partial charge in [0, 0.05) is 18.7 Å². The summed E-state index contributed by atoms with van der Waals surface area (Å²) in [7, 11) is -3.03. The lowest BCUT2D eigenvalue weighted by Crippen LogP contribution is -2.41. The molecule has 138 valence electrons. The number of amides is 2. The monoisotopic (exact) mass is 396 g/mol. The summed E-state index contributed by atoms with van der Waals surface area (Å²) in [5.41, 5.74) is 5.73. The van der Waals surface area contributed by atoms with Crippen molar-refractivity contribution in [3.8, 4) is 0 Å². The van der Waals surface area contributed by atoms with Crippen LogP contribution < -0.4 is 10.9 Å². The van der Waals surface area contributed by atoms with E-state index in [1.54, 1.807) is 16.7 Å². The van der Waals surface area contributed by atoms with Crippen LogP contribution in [0.5, 0.6) is 0 Å². The highest BCUT2D eigenvalue weighted by atomic mass is 35.5. The Kier molecular flexibility index (Phi) is 5.28. The van der Waals surface area contributed by atoms with Crippen molar-refractivity contribution in [3.63, 3.8) is 0 Å². The molecule has 0 unspecified atom stereocenters. The molecule has 1 fully saturated rings. The van der Waals surface area contributed by atoms with Crippen molar-refractivity contribution < 1.29 is 18.0 Å². The number of sulfone groups is 1. The quantitative estimate of drug-likeness (QED) is 0.591. The zero-order valence-corrected chi connectivity index (χ0v) is 15.3. The largest absolute Gasteiger partial charge is 0.299 e. The zero-order chi connectivity index (χ0) is 18.7. The molecule has 0 saturated carbocycles. The molecular weight excluding hydrogens is 380 g/mol. The smallest absolute Gasteiger partial charge is 0.262 e. The van der Waals surface area contributed by atoms with E-state index in [0.29, 0.717) is 17.8 Å². The van der Waals surface area contributed by atoms with Gasteiger partial charge >= 0.3 is 0 Å². The number of hydrogen-bond acceptors (Lipinski definition) is 5. The molecule has 1 atom stereocenters. The molecule has 0 spiro atoms. The van der Waals surface area contributed by atoms with Gasteiger partial charge in [-0.2, -0.15) is 0 Å². The summed E-state index contributed by atoms with van der Waals surface area (Å²) in [6.07, 6.45) is 5.01. The highest BCUT2D eigenvalue weighted by molar-refractivity contribution is 7.91. The number of fused-ring (bicyclic) bond motifs is 1. The second-order valence-corrected chi connectivity index (χ2v) is 8.65. The number of rotatable bonds is 4. The Balaban J connectivity index is 1.53. The Hall–Kier alpha value is -2.39. The molecule has 0 aromatic carbocycles. The first-order valence-corrected chi connectivity index (χ1v) is 10.1. The van der Waals surface area contributed by atoms with E-state index in [9.17, 15) is 18.0 Å². The number of nitrogens with zero attached hydrogens (tertiary/aromatic N) is 2. The topological polar surface area (TPSA) is 110 Å². The van der Waals surface area contributed by atoms with E-state index < -0.39 is 21.7 Å². The average Bonchev–Trinajstić information content (AvgIpc) is 3.09. The van der Waals surface area contributed by atoms with Gasteiger partial charge in [-0.3, -0.25) is 24.8 Å². The fourth-order valence-electron chi connectivity index (χ4n) is 2.81. The van der Waals surface area contributed by atoms with Crippen LogP contribution >= 0.6 is 11.6 Å². The molecule has 3 heterocycles. The van der Waals surface area contributed by atoms with Gasteiger partial charge in [0.05, 0.1) is 17.2 Å². The molecule has 3 rings (SSSR count). The van der Waals surface area contributed by atoms with Crippen LogP contribution in [0.1, 0.15) is 18.5 Å². The molecule has 10 heteroatoms. The number of carbonyl (C=O) groups excluding carboxylic acids is 2. The first-order valence-electron chi connectivity index (χ1n) is 7.94. The highest BCUT2D eigenvalue weighted by Gasteiger charge is 2.29. The summed E-state index contributed by atoms with van der Waals surface area (Å²) in [5.74, 6) is -1.05. The van der Waals surface area contributed by atoms with Crippen molar-refractivity contribution in [1.29, 1.82) is 0 Å². The van der Waals surface area contributed by atoms with Crippen LogP contribution in [0, 0.1) is 5.92 Å². The fourth-order valence-corrected chi connectivity index (χ4v) is 4.91. The number of hydrogen-bond donors (Lipinski definition) is 2. The van der Waals surface area contributed by atoms with Gasteiger partial charge in [-0.25, -0.2) is 13.4 Å². The third-order valence-corrected chi connectivity index (χ3v) is 6.16. The third-order valence-electron chi connectivity index (χ3n) is 4.04. The van der Waals surface area contributed by atoms with Gasteiger partial charge in [0.15, 0.2) is 15.0 Å². The van der Waals surface area contributed by atoms with E-state index in [2.05, 4.69) is 15.8 Å². The summed E-state index contributed by atoms with van der Waals surface area (Å²) < 4.78 is 24.5. The number of halogens is 1. The molecule has 0 radical (unpaired) electrons. The van der Waals surface area contributed by atoms with Gasteiger partial charge in [0.1, 0.15) is 5.65 Å². The van der Waals surface area contributed by atoms with Crippen molar-refractivity contribution in [2.75, 3.05) is 11.5 Å². The molecule has 0 bridgehead atoms. The molecule has 2 N–H and O–H groups in total. The summed E-state index contributed by atoms with van der Waals surface area (Å²) in [6, 6.07) is 5.42. The number of hydrazine groups is 1. The molecule has 1 saturated heterocycles. The van der Waals surface area contributed by atoms with Crippen LogP contribution in [-0.2, 0) is 19.4 Å². The number of pyridine rings is 1. The maximum absolute atomic E-state index is 11.8. The Labute approximate surface area is 155 Å². The van der Waals surface area contributed by atoms with E-state index in [1.807, 2.05) is 12.1 Å². The average molecular weight is 397 g/mol. The SMILES string of the molecule is O=C(/C=C/c1c(Cl)nc2ccccn12)NNC(=O)C[C@@H]1CCS(=O)(=O)C1. The van der Waals surface area contributed by atoms with E-state index in [4.69, 9.17) is 11.6 Å². The molecule has 8 nitrogen and oxygen atoms in total. The lowest BCUT2D eigenvalue weighted by molar-refractivity contribution is -0.127. The number of nitrogens with one attached hydrogen (secondary N) is 2. The van der Waals surface area contributed by atoms with Crippen molar-refractivity contribution >= 4 is 45.0 Å². The summed E-state index contributed by atoms with van der Waals surface area (Å²) in [6.45, 7) is 0. The standard InChI is InChI=1S/C16H17ClN4O4S/c17-16-12(21-7-2-1-3-13(21)18-16)4-5-14(22)19-20-15(23)9-11-6-8-26(24,25)10-11/h1-5,7,11H,6,8-10H2,(H,19,22)(H,20,23)/b5-4+/t11-/m0/s1. The van der Waals surface area contributed by atoms with Gasteiger partial charge in [0.2, 0.25) is 5.91 Å². The van der Waals surface area contributed by atoms with Gasteiger partial charge in [-0.05, 0) is 30.5 Å². The maximum Gasteiger partial charge on any atom is 0.262 e. The second-order valence-electron chi connectivity index (χ2n) is 6.06. The van der Waals surface area contributed by atoms with Crippen molar-refractivity contribution in [2.45, 2.75) is 12.8 Å². The van der Waals surface area contributed by atoms with Crippen molar-refractivity contribution in [2.24, 2.45) is 5.92 Å². The third kappa shape index (κ3) is 4.41. The first kappa shape index (κ1) is 18.4. The minimum absolute atomic E-state index is 0.0149. The van der Waals surface area contributed by atoms with E-state index in [1.165, 1.54) is 12.2 Å². The molecule has 2 aromatic rings. The minimum atomic E-state index is -3.03. The molecule has 1 aliphatic rings. The molecule has 1 aliphatic heterocycles. The summed E-state index contributed by atoms with van der Waals surface area (Å²) >= 11 is 6.06. The van der Waals surface area contributed by atoms with Crippen LogP contribution in [0.2, 0.25) is 5.15 Å². The van der Waals surface area contributed by atoms with Crippen LogP contribution in [0.4, 0.5) is 0 Å². The normalized spacial score (nSPS) is 19.0. The zero-order valence-electron chi connectivity index (χ0n) is 13.7. The van der Waals surface area contributed by atoms with E-state index in [0.717, 1.165) is 0 Å². The summed E-state index contributed by atoms with van der Waals surface area (Å²) in [4.78, 5) is 27.8. The predicted octanol–water partition coefficient (Wildman–Crippen LogP) is 0.973. The lowest BCUT2D eigenvalue weighted by Gasteiger charge is -2.08. The van der Waals surface area contributed by atoms with Crippen molar-refractivity contribution in [3.05, 3.63) is 41.3 Å². The van der Waals surface area contributed by atoms with Gasteiger partial charge < -0.3 is 0 Å². The Morgan fingerprint density at radius 2 is 2.15 bits per heavy atom. The van der Waals surface area contributed by atoms with Crippen LogP contribution in [-0.4, -0.2) is 41.1 Å². The van der Waals surface area contributed by atoms with E-state index >= 15 is 0 Å². The lowest BCUT2D eigenvalue weighted by atomic mass is 10.1. The molecular formula is C16H17ClN4O4S. The van der Waals surface area contributed by atoms with Crippen LogP contribution in [0.3, 0.4) is 0 Å². The highest BCUT2D eigenvalue weighted by Crippen LogP contribution is 2.21. The second kappa shape index (κ2) is 7.46. The summed E-state index contributed by atoms with van der Waals surface area (Å²) in [5, 5.41) is 0.256. The number of imidazole rings is 1. The van der Waals surface area contributed by atoms with E-state index in [-0.39, 0.29) is 29.0 Å². The van der Waals surface area contributed by atoms with Gasteiger partial charge in [-0.15, -0.1) is 0 Å². The Morgan fingerprint density at radius 1 is 1.35 bits per heavy atom. The van der Waals surface area contributed by atoms with Crippen LogP contribution in [0.25, 0.3) is 11.7 Å². The van der Waals surface area contributed by atoms with Gasteiger partial charge in [-0.1, -0.05) is 17.7 Å². The fraction of sp³-hybridized carbons (Fsp3) is 0.312. The van der Waals surface area contributed by atoms with Crippen LogP contribution in [0.15, 0.2) is 30.5 Å². The minimum Gasteiger partial charge on any atom is -0.299 e. The molecule has 2 amide bonds. The maximum atomic E-state index is 11.8. The molecule has 26 heavy (non-hydrogen) atoms. The molecule has 0 aliphatic carbocycles. The first-order chi connectivity index (χ1) is 12.3. The number of carbonyl (C=O) groups is 2. The van der Waals surface area contributed by atoms with Gasteiger partial charge in [0.25, 0.3) is 5.91 Å². The Bertz CT molecular complexity index is 983. The van der Waals surface area contributed by atoms with Crippen molar-refractivity contribution in [1.82, 2.24) is 20.2 Å².